The van der Waals surface area contributed by atoms with Gasteiger partial charge in [0.2, 0.25) is 0 Å². The second kappa shape index (κ2) is 10.4. The van der Waals surface area contributed by atoms with E-state index in [0.29, 0.717) is 30.1 Å². The fourth-order valence-corrected chi connectivity index (χ4v) is 4.44. The zero-order chi connectivity index (χ0) is 23.2. The molecule has 0 aromatic heterocycles. The lowest BCUT2D eigenvalue weighted by atomic mass is 9.95. The van der Waals surface area contributed by atoms with Crippen molar-refractivity contribution in [3.05, 3.63) is 94.0 Å². The summed E-state index contributed by atoms with van der Waals surface area (Å²) < 4.78 is 0. The van der Waals surface area contributed by atoms with Gasteiger partial charge in [-0.15, -0.1) is 0 Å². The van der Waals surface area contributed by atoms with E-state index in [2.05, 4.69) is 34.2 Å². The monoisotopic (exact) mass is 460 g/mol. The van der Waals surface area contributed by atoms with Crippen LogP contribution in [0.25, 0.3) is 0 Å². The molecule has 7 heteroatoms. The normalized spacial score (nSPS) is 15.5. The number of rotatable bonds is 8. The molecule has 0 radical (unpaired) electrons. The fraction of sp³-hybridized carbons (Fsp3) is 0.231. The third-order valence-electron chi connectivity index (χ3n) is 5.81. The predicted octanol–water partition coefficient (Wildman–Crippen LogP) is 4.62. The molecule has 3 aromatic rings. The number of nitrogens with one attached hydrogen (secondary N) is 3. The molecule has 4 rings (SSSR count). The second-order valence-corrected chi connectivity index (χ2v) is 8.47. The molecule has 1 aliphatic heterocycles. The number of anilines is 2. The van der Waals surface area contributed by atoms with Crippen LogP contribution in [0.5, 0.6) is 0 Å². The number of carboxylic acids is 1. The number of nitriles is 1. The number of aliphatic carboxylic acids is 1. The molecule has 0 bridgehead atoms. The zero-order valence-corrected chi connectivity index (χ0v) is 18.8. The summed E-state index contributed by atoms with van der Waals surface area (Å²) in [6, 6.07) is 23.5. The maximum atomic E-state index is 11.1. The molecule has 3 aromatic carbocycles. The second-order valence-electron chi connectivity index (χ2n) is 8.06. The van der Waals surface area contributed by atoms with Gasteiger partial charge in [-0.05, 0) is 47.9 Å². The van der Waals surface area contributed by atoms with E-state index in [1.165, 1.54) is 0 Å². The van der Waals surface area contributed by atoms with E-state index in [-0.39, 0.29) is 18.5 Å². The van der Waals surface area contributed by atoms with E-state index in [9.17, 15) is 10.1 Å². The van der Waals surface area contributed by atoms with Crippen molar-refractivity contribution in [2.24, 2.45) is 0 Å². The van der Waals surface area contributed by atoms with Gasteiger partial charge in [-0.1, -0.05) is 60.1 Å². The highest BCUT2D eigenvalue weighted by molar-refractivity contribution is 6.31. The summed E-state index contributed by atoms with van der Waals surface area (Å²) in [6.07, 6.45) is 0.637. The van der Waals surface area contributed by atoms with E-state index in [1.807, 2.05) is 42.5 Å². The van der Waals surface area contributed by atoms with Gasteiger partial charge in [-0.2, -0.15) is 5.26 Å². The third kappa shape index (κ3) is 5.46. The molecule has 0 aliphatic carbocycles. The topological polar surface area (TPSA) is 97.2 Å². The fourth-order valence-electron chi connectivity index (χ4n) is 4.23. The SMILES string of the molecule is N#Cc1cccc2c1N[C@@H]([C@H](NCCc1cc(CC(=O)O)ccc1Cl)c1ccccc1)CN2. The number of hydrogen-bond donors (Lipinski definition) is 4. The van der Waals surface area contributed by atoms with Crippen LogP contribution >= 0.6 is 11.6 Å². The Hall–Kier alpha value is -3.53. The van der Waals surface area contributed by atoms with Crippen molar-refractivity contribution < 1.29 is 9.90 Å². The van der Waals surface area contributed by atoms with Crippen LogP contribution in [-0.4, -0.2) is 30.2 Å². The molecule has 4 N–H and O–H groups in total. The first-order valence-corrected chi connectivity index (χ1v) is 11.2. The molecule has 6 nitrogen and oxygen atoms in total. The van der Waals surface area contributed by atoms with E-state index in [0.717, 1.165) is 28.1 Å². The molecule has 168 valence electrons. The van der Waals surface area contributed by atoms with Crippen molar-refractivity contribution >= 4 is 28.9 Å². The van der Waals surface area contributed by atoms with Gasteiger partial charge in [0.15, 0.2) is 0 Å². The van der Waals surface area contributed by atoms with Crippen LogP contribution in [0.4, 0.5) is 11.4 Å². The summed E-state index contributed by atoms with van der Waals surface area (Å²) in [5.41, 5.74) is 5.16. The number of carbonyl (C=O) groups is 1. The number of nitrogens with zero attached hydrogens (tertiary/aromatic N) is 1. The Balaban J connectivity index is 1.51. The number of hydrogen-bond acceptors (Lipinski definition) is 5. The van der Waals surface area contributed by atoms with Crippen LogP contribution in [0.3, 0.4) is 0 Å². The lowest BCUT2D eigenvalue weighted by molar-refractivity contribution is -0.136. The van der Waals surface area contributed by atoms with Crippen molar-refractivity contribution in [2.45, 2.75) is 24.9 Å². The number of para-hydroxylation sites is 1. The molecular weight excluding hydrogens is 436 g/mol. The average Bonchev–Trinajstić information content (AvgIpc) is 2.83. The maximum Gasteiger partial charge on any atom is 0.307 e. The maximum absolute atomic E-state index is 11.1. The minimum Gasteiger partial charge on any atom is -0.481 e. The van der Waals surface area contributed by atoms with E-state index >= 15 is 0 Å². The van der Waals surface area contributed by atoms with E-state index in [4.69, 9.17) is 16.7 Å². The Morgan fingerprint density at radius 1 is 1.18 bits per heavy atom. The zero-order valence-electron chi connectivity index (χ0n) is 18.0. The van der Waals surface area contributed by atoms with Crippen molar-refractivity contribution in [2.75, 3.05) is 23.7 Å². The van der Waals surface area contributed by atoms with Crippen LogP contribution in [0.15, 0.2) is 66.7 Å². The number of fused-ring (bicyclic) bond motifs is 1. The molecule has 0 unspecified atom stereocenters. The lowest BCUT2D eigenvalue weighted by Gasteiger charge is -2.35. The standard InChI is InChI=1S/C26H25ClN4O2/c27-21-10-9-17(14-24(32)33)13-19(21)11-12-29-25(18-5-2-1-3-6-18)23-16-30-22-8-4-7-20(15-28)26(22)31-23/h1-10,13,23,25,29-31H,11-12,14,16H2,(H,32,33)/t23-,25-/m1/s1. The van der Waals surface area contributed by atoms with Crippen molar-refractivity contribution in [3.63, 3.8) is 0 Å². The van der Waals surface area contributed by atoms with E-state index in [1.54, 1.807) is 12.1 Å². The van der Waals surface area contributed by atoms with Gasteiger partial charge < -0.3 is 21.1 Å². The first-order chi connectivity index (χ1) is 16.0. The summed E-state index contributed by atoms with van der Waals surface area (Å²) in [4.78, 5) is 11.1. The summed E-state index contributed by atoms with van der Waals surface area (Å²) in [7, 11) is 0. The average molecular weight is 461 g/mol. The van der Waals surface area contributed by atoms with Gasteiger partial charge in [-0.25, -0.2) is 0 Å². The quantitative estimate of drug-likeness (QED) is 0.391. The predicted molar refractivity (Wildman–Crippen MR) is 131 cm³/mol. The highest BCUT2D eigenvalue weighted by Crippen LogP contribution is 2.33. The van der Waals surface area contributed by atoms with Crippen molar-refractivity contribution in [3.8, 4) is 6.07 Å². The lowest BCUT2D eigenvalue weighted by Crippen LogP contribution is -2.44. The molecule has 1 heterocycles. The molecular formula is C26H25ClN4O2. The van der Waals surface area contributed by atoms with Crippen LogP contribution in [0.1, 0.15) is 28.3 Å². The molecule has 0 saturated heterocycles. The Kier molecular flexibility index (Phi) is 7.13. The first-order valence-electron chi connectivity index (χ1n) is 10.9. The minimum absolute atomic E-state index is 0.0143. The Morgan fingerprint density at radius 2 is 2.00 bits per heavy atom. The van der Waals surface area contributed by atoms with Crippen molar-refractivity contribution in [1.82, 2.24) is 5.32 Å². The van der Waals surface area contributed by atoms with Gasteiger partial charge in [0, 0.05) is 11.6 Å². The van der Waals surface area contributed by atoms with E-state index < -0.39 is 5.97 Å². The third-order valence-corrected chi connectivity index (χ3v) is 6.18. The number of halogens is 1. The summed E-state index contributed by atoms with van der Waals surface area (Å²) in [5.74, 6) is -0.863. The van der Waals surface area contributed by atoms with Crippen LogP contribution in [-0.2, 0) is 17.6 Å². The van der Waals surface area contributed by atoms with Crippen LogP contribution in [0.2, 0.25) is 5.02 Å². The molecule has 0 saturated carbocycles. The Bertz CT molecular complexity index is 1180. The molecule has 1 aliphatic rings. The van der Waals surface area contributed by atoms with Gasteiger partial charge in [0.1, 0.15) is 6.07 Å². The summed E-state index contributed by atoms with van der Waals surface area (Å²) >= 11 is 6.38. The van der Waals surface area contributed by atoms with Crippen LogP contribution < -0.4 is 16.0 Å². The van der Waals surface area contributed by atoms with Gasteiger partial charge in [-0.3, -0.25) is 4.79 Å². The number of benzene rings is 3. The smallest absolute Gasteiger partial charge is 0.307 e. The largest absolute Gasteiger partial charge is 0.481 e. The van der Waals surface area contributed by atoms with Gasteiger partial charge >= 0.3 is 5.97 Å². The summed E-state index contributed by atoms with van der Waals surface area (Å²) in [5, 5.41) is 29.9. The Labute approximate surface area is 198 Å². The summed E-state index contributed by atoms with van der Waals surface area (Å²) in [6.45, 7) is 1.35. The first kappa shape index (κ1) is 22.7. The molecule has 2 atom stereocenters. The highest BCUT2D eigenvalue weighted by atomic mass is 35.5. The molecule has 0 amide bonds. The van der Waals surface area contributed by atoms with Crippen molar-refractivity contribution in [1.29, 1.82) is 5.26 Å². The van der Waals surface area contributed by atoms with Crippen LogP contribution in [0, 0.1) is 11.3 Å². The Morgan fingerprint density at radius 3 is 2.76 bits per heavy atom. The van der Waals surface area contributed by atoms with Gasteiger partial charge in [0.05, 0.1) is 35.4 Å². The molecule has 33 heavy (non-hydrogen) atoms. The van der Waals surface area contributed by atoms with Gasteiger partial charge in [0.25, 0.3) is 0 Å². The highest BCUT2D eigenvalue weighted by Gasteiger charge is 2.28. The molecule has 0 spiro atoms. The minimum atomic E-state index is -0.863. The number of carboxylic acid groups (broad SMARTS) is 1. The molecule has 0 fully saturated rings.